The van der Waals surface area contributed by atoms with Gasteiger partial charge in [-0.05, 0) is 50.0 Å². The van der Waals surface area contributed by atoms with Gasteiger partial charge in [-0.15, -0.1) is 0 Å². The molecule has 0 spiro atoms. The number of piperazine rings is 1. The molecule has 3 aliphatic rings. The van der Waals surface area contributed by atoms with E-state index < -0.39 is 0 Å². The molecule has 0 aliphatic carbocycles. The zero-order valence-corrected chi connectivity index (χ0v) is 16.4. The van der Waals surface area contributed by atoms with Crippen molar-refractivity contribution in [3.8, 4) is 11.5 Å². The smallest absolute Gasteiger partial charge is 0.231 e. The monoisotopic (exact) mass is 387 g/mol. The molecule has 0 N–H and O–H groups in total. The molecule has 0 unspecified atom stereocenters. The number of carbonyl (C=O) groups excluding carboxylic acids is 2. The van der Waals surface area contributed by atoms with E-state index in [-0.39, 0.29) is 18.6 Å². The summed E-state index contributed by atoms with van der Waals surface area (Å²) in [7, 11) is 0. The van der Waals surface area contributed by atoms with E-state index >= 15 is 0 Å². The summed E-state index contributed by atoms with van der Waals surface area (Å²) in [5, 5.41) is 0. The summed E-state index contributed by atoms with van der Waals surface area (Å²) >= 11 is 0. The van der Waals surface area contributed by atoms with E-state index in [1.54, 1.807) is 0 Å². The maximum Gasteiger partial charge on any atom is 0.231 e. The standard InChI is InChI=1S/C21H29N3O4/c25-20(6-4-17-3-5-18-19(15-17)28-16-27-18)23-11-13-24(14-12-23)21(26)7-10-22-8-1-2-9-22/h3,5,15H,1-2,4,6-14,16H2. The third-order valence-electron chi connectivity index (χ3n) is 5.89. The Morgan fingerprint density at radius 1 is 0.821 bits per heavy atom. The Labute approximate surface area is 166 Å². The molecule has 2 saturated heterocycles. The average Bonchev–Trinajstić information content (AvgIpc) is 3.41. The van der Waals surface area contributed by atoms with Gasteiger partial charge in [0, 0.05) is 45.6 Å². The van der Waals surface area contributed by atoms with Crippen LogP contribution >= 0.6 is 0 Å². The molecular formula is C21H29N3O4. The highest BCUT2D eigenvalue weighted by Gasteiger charge is 2.24. The van der Waals surface area contributed by atoms with Gasteiger partial charge in [-0.2, -0.15) is 0 Å². The molecular weight excluding hydrogens is 358 g/mol. The maximum absolute atomic E-state index is 12.5. The number of hydrogen-bond acceptors (Lipinski definition) is 5. The molecule has 7 nitrogen and oxygen atoms in total. The third kappa shape index (κ3) is 4.58. The van der Waals surface area contributed by atoms with E-state index in [0.29, 0.717) is 45.4 Å². The number of amides is 2. The topological polar surface area (TPSA) is 62.3 Å². The van der Waals surface area contributed by atoms with Gasteiger partial charge in [0.2, 0.25) is 18.6 Å². The Bertz CT molecular complexity index is 710. The molecule has 0 aromatic heterocycles. The van der Waals surface area contributed by atoms with Crippen molar-refractivity contribution in [2.75, 3.05) is 52.6 Å². The van der Waals surface area contributed by atoms with E-state index in [4.69, 9.17) is 9.47 Å². The fraction of sp³-hybridized carbons (Fsp3) is 0.619. The second-order valence-electron chi connectivity index (χ2n) is 7.75. The van der Waals surface area contributed by atoms with Gasteiger partial charge in [0.15, 0.2) is 11.5 Å². The predicted molar refractivity (Wildman–Crippen MR) is 104 cm³/mol. The Balaban J connectivity index is 1.18. The minimum atomic E-state index is 0.154. The molecule has 152 valence electrons. The molecule has 28 heavy (non-hydrogen) atoms. The van der Waals surface area contributed by atoms with Crippen molar-refractivity contribution in [1.82, 2.24) is 14.7 Å². The van der Waals surface area contributed by atoms with Crippen LogP contribution in [0.15, 0.2) is 18.2 Å². The molecule has 2 fully saturated rings. The van der Waals surface area contributed by atoms with E-state index in [0.717, 1.165) is 36.7 Å². The lowest BCUT2D eigenvalue weighted by Crippen LogP contribution is -2.51. The van der Waals surface area contributed by atoms with Crippen molar-refractivity contribution in [3.63, 3.8) is 0 Å². The Morgan fingerprint density at radius 2 is 1.46 bits per heavy atom. The van der Waals surface area contributed by atoms with Crippen LogP contribution in [0.3, 0.4) is 0 Å². The minimum absolute atomic E-state index is 0.154. The van der Waals surface area contributed by atoms with Crippen LogP contribution < -0.4 is 9.47 Å². The van der Waals surface area contributed by atoms with Gasteiger partial charge in [0.05, 0.1) is 0 Å². The molecule has 4 rings (SSSR count). The molecule has 0 saturated carbocycles. The third-order valence-corrected chi connectivity index (χ3v) is 5.89. The quantitative estimate of drug-likeness (QED) is 0.740. The normalized spacial score (nSPS) is 19.3. The highest BCUT2D eigenvalue weighted by Crippen LogP contribution is 2.32. The lowest BCUT2D eigenvalue weighted by molar-refractivity contribution is -0.139. The molecule has 0 bridgehead atoms. The maximum atomic E-state index is 12.5. The summed E-state index contributed by atoms with van der Waals surface area (Å²) in [6.45, 7) is 5.94. The van der Waals surface area contributed by atoms with Crippen LogP contribution in [0.5, 0.6) is 11.5 Å². The summed E-state index contributed by atoms with van der Waals surface area (Å²) in [5.74, 6) is 1.90. The highest BCUT2D eigenvalue weighted by atomic mass is 16.7. The molecule has 1 aromatic rings. The molecule has 3 heterocycles. The van der Waals surface area contributed by atoms with Gasteiger partial charge < -0.3 is 24.2 Å². The minimum Gasteiger partial charge on any atom is -0.454 e. The molecule has 7 heteroatoms. The van der Waals surface area contributed by atoms with Crippen LogP contribution in [-0.2, 0) is 16.0 Å². The molecule has 0 atom stereocenters. The number of ether oxygens (including phenoxy) is 2. The molecule has 1 aromatic carbocycles. The molecule has 0 radical (unpaired) electrons. The Morgan fingerprint density at radius 3 is 2.18 bits per heavy atom. The van der Waals surface area contributed by atoms with Crippen LogP contribution in [0.2, 0.25) is 0 Å². The van der Waals surface area contributed by atoms with Crippen LogP contribution in [0.4, 0.5) is 0 Å². The first kappa shape index (κ1) is 19.1. The van der Waals surface area contributed by atoms with Gasteiger partial charge >= 0.3 is 0 Å². The first-order valence-electron chi connectivity index (χ1n) is 10.4. The number of carbonyl (C=O) groups is 2. The van der Waals surface area contributed by atoms with Crippen molar-refractivity contribution in [2.24, 2.45) is 0 Å². The molecule has 3 aliphatic heterocycles. The Hall–Kier alpha value is -2.28. The fourth-order valence-corrected chi connectivity index (χ4v) is 4.13. The number of benzene rings is 1. The van der Waals surface area contributed by atoms with Crippen molar-refractivity contribution in [3.05, 3.63) is 23.8 Å². The van der Waals surface area contributed by atoms with Gasteiger partial charge in [0.1, 0.15) is 0 Å². The van der Waals surface area contributed by atoms with E-state index in [2.05, 4.69) is 4.90 Å². The van der Waals surface area contributed by atoms with Crippen LogP contribution in [0, 0.1) is 0 Å². The summed E-state index contributed by atoms with van der Waals surface area (Å²) in [6.07, 6.45) is 4.26. The van der Waals surface area contributed by atoms with Crippen LogP contribution in [0.25, 0.3) is 0 Å². The SMILES string of the molecule is O=C(CCc1ccc2c(c1)OCO2)N1CCN(C(=O)CCN2CCCC2)CC1. The van der Waals surface area contributed by atoms with Crippen molar-refractivity contribution < 1.29 is 19.1 Å². The number of nitrogens with zero attached hydrogens (tertiary/aromatic N) is 3. The van der Waals surface area contributed by atoms with Gasteiger partial charge in [-0.3, -0.25) is 9.59 Å². The van der Waals surface area contributed by atoms with E-state index in [9.17, 15) is 9.59 Å². The average molecular weight is 387 g/mol. The van der Waals surface area contributed by atoms with Crippen molar-refractivity contribution >= 4 is 11.8 Å². The number of fused-ring (bicyclic) bond motifs is 1. The lowest BCUT2D eigenvalue weighted by Gasteiger charge is -2.35. The van der Waals surface area contributed by atoms with Crippen LogP contribution in [-0.4, -0.2) is 79.1 Å². The fourth-order valence-electron chi connectivity index (χ4n) is 4.13. The first-order chi connectivity index (χ1) is 13.7. The van der Waals surface area contributed by atoms with Crippen molar-refractivity contribution in [2.45, 2.75) is 32.1 Å². The summed E-state index contributed by atoms with van der Waals surface area (Å²) in [4.78, 5) is 31.1. The first-order valence-corrected chi connectivity index (χ1v) is 10.4. The highest BCUT2D eigenvalue weighted by molar-refractivity contribution is 5.78. The summed E-state index contributed by atoms with van der Waals surface area (Å²) in [6, 6.07) is 5.83. The van der Waals surface area contributed by atoms with Gasteiger partial charge in [-0.1, -0.05) is 6.07 Å². The number of hydrogen-bond donors (Lipinski definition) is 0. The van der Waals surface area contributed by atoms with Gasteiger partial charge in [-0.25, -0.2) is 0 Å². The zero-order valence-electron chi connectivity index (χ0n) is 16.4. The van der Waals surface area contributed by atoms with Crippen molar-refractivity contribution in [1.29, 1.82) is 0 Å². The number of aryl methyl sites for hydroxylation is 1. The van der Waals surface area contributed by atoms with Gasteiger partial charge in [0.25, 0.3) is 0 Å². The Kier molecular flexibility index (Phi) is 6.00. The molecule has 2 amide bonds. The lowest BCUT2D eigenvalue weighted by atomic mass is 10.1. The van der Waals surface area contributed by atoms with Crippen LogP contribution in [0.1, 0.15) is 31.2 Å². The number of likely N-dealkylation sites (tertiary alicyclic amines) is 1. The van der Waals surface area contributed by atoms with E-state index in [1.165, 1.54) is 12.8 Å². The summed E-state index contributed by atoms with van der Waals surface area (Å²) < 4.78 is 10.7. The predicted octanol–water partition coefficient (Wildman–Crippen LogP) is 1.50. The van der Waals surface area contributed by atoms with E-state index in [1.807, 2.05) is 28.0 Å². The second kappa shape index (κ2) is 8.82. The zero-order chi connectivity index (χ0) is 19.3. The second-order valence-corrected chi connectivity index (χ2v) is 7.75. The largest absolute Gasteiger partial charge is 0.454 e. The number of rotatable bonds is 6. The summed E-state index contributed by atoms with van der Waals surface area (Å²) in [5.41, 5.74) is 1.08.